The average Bonchev–Trinajstić information content (AvgIpc) is 2.04. The SMILES string of the molecule is C=CCc1cc(F)c(C=O)c(F)c1. The molecule has 0 radical (unpaired) electrons. The lowest BCUT2D eigenvalue weighted by Gasteiger charge is -2.00. The van der Waals surface area contributed by atoms with Gasteiger partial charge in [-0.15, -0.1) is 6.58 Å². The third-order valence-corrected chi connectivity index (χ3v) is 1.64. The minimum atomic E-state index is -0.827. The molecule has 1 rings (SSSR count). The van der Waals surface area contributed by atoms with E-state index in [-0.39, 0.29) is 6.29 Å². The molecule has 1 aromatic rings. The number of hydrogen-bond acceptors (Lipinski definition) is 1. The number of rotatable bonds is 3. The van der Waals surface area contributed by atoms with Crippen LogP contribution >= 0.6 is 0 Å². The molecule has 0 atom stereocenters. The minimum Gasteiger partial charge on any atom is -0.298 e. The highest BCUT2D eigenvalue weighted by atomic mass is 19.1. The van der Waals surface area contributed by atoms with E-state index in [1.807, 2.05) is 0 Å². The van der Waals surface area contributed by atoms with Gasteiger partial charge in [-0.05, 0) is 24.1 Å². The molecule has 3 heteroatoms. The largest absolute Gasteiger partial charge is 0.298 e. The molecule has 0 aromatic heterocycles. The predicted molar refractivity (Wildman–Crippen MR) is 45.6 cm³/mol. The molecule has 0 amide bonds. The van der Waals surface area contributed by atoms with Crippen LogP contribution in [0.3, 0.4) is 0 Å². The molecule has 0 bridgehead atoms. The zero-order valence-electron chi connectivity index (χ0n) is 6.89. The molecule has 0 N–H and O–H groups in total. The number of carbonyl (C=O) groups is 1. The van der Waals surface area contributed by atoms with Crippen LogP contribution in [0, 0.1) is 11.6 Å². The summed E-state index contributed by atoms with van der Waals surface area (Å²) in [4.78, 5) is 10.2. The second kappa shape index (κ2) is 3.94. The molecule has 0 heterocycles. The zero-order chi connectivity index (χ0) is 9.84. The first-order chi connectivity index (χ1) is 6.19. The van der Waals surface area contributed by atoms with Crippen molar-refractivity contribution in [2.75, 3.05) is 0 Å². The van der Waals surface area contributed by atoms with E-state index in [0.717, 1.165) is 12.1 Å². The molecule has 0 saturated heterocycles. The van der Waals surface area contributed by atoms with Crippen molar-refractivity contribution in [2.24, 2.45) is 0 Å². The summed E-state index contributed by atoms with van der Waals surface area (Å²) in [5.74, 6) is -1.65. The summed E-state index contributed by atoms with van der Waals surface area (Å²) in [5, 5.41) is 0. The molecule has 1 aromatic carbocycles. The van der Waals surface area contributed by atoms with Gasteiger partial charge in [0.2, 0.25) is 0 Å². The maximum atomic E-state index is 12.9. The van der Waals surface area contributed by atoms with Crippen LogP contribution in [0.25, 0.3) is 0 Å². The van der Waals surface area contributed by atoms with Crippen LogP contribution in [0.5, 0.6) is 0 Å². The Kier molecular flexibility index (Phi) is 2.90. The summed E-state index contributed by atoms with van der Waals surface area (Å²) in [6.07, 6.45) is 2.09. The Bertz CT molecular complexity index is 322. The lowest BCUT2D eigenvalue weighted by atomic mass is 10.1. The van der Waals surface area contributed by atoms with Crippen LogP contribution in [0.4, 0.5) is 8.78 Å². The van der Waals surface area contributed by atoms with Gasteiger partial charge in [-0.25, -0.2) is 8.78 Å². The quantitative estimate of drug-likeness (QED) is 0.518. The van der Waals surface area contributed by atoms with E-state index < -0.39 is 17.2 Å². The van der Waals surface area contributed by atoms with Crippen molar-refractivity contribution in [3.05, 3.63) is 47.5 Å². The van der Waals surface area contributed by atoms with Gasteiger partial charge in [0.25, 0.3) is 0 Å². The molecule has 68 valence electrons. The Morgan fingerprint density at radius 3 is 2.23 bits per heavy atom. The highest BCUT2D eigenvalue weighted by Crippen LogP contribution is 2.14. The second-order valence-electron chi connectivity index (χ2n) is 2.58. The molecular formula is C10H8F2O. The van der Waals surface area contributed by atoms with Crippen LogP contribution in [-0.2, 0) is 6.42 Å². The van der Waals surface area contributed by atoms with Crippen LogP contribution in [0.15, 0.2) is 24.8 Å². The van der Waals surface area contributed by atoms with Crippen LogP contribution in [-0.4, -0.2) is 6.29 Å². The predicted octanol–water partition coefficient (Wildman–Crippen LogP) is 2.51. The summed E-state index contributed by atoms with van der Waals surface area (Å²) in [5.41, 5.74) is -0.0524. The summed E-state index contributed by atoms with van der Waals surface area (Å²) < 4.78 is 25.9. The monoisotopic (exact) mass is 182 g/mol. The first-order valence-corrected chi connectivity index (χ1v) is 3.73. The number of allylic oxidation sites excluding steroid dienone is 1. The smallest absolute Gasteiger partial charge is 0.155 e. The normalized spacial score (nSPS) is 9.69. The summed E-state index contributed by atoms with van der Waals surface area (Å²) in [7, 11) is 0. The van der Waals surface area contributed by atoms with Crippen molar-refractivity contribution >= 4 is 6.29 Å². The van der Waals surface area contributed by atoms with Crippen molar-refractivity contribution in [2.45, 2.75) is 6.42 Å². The van der Waals surface area contributed by atoms with E-state index in [1.165, 1.54) is 6.08 Å². The lowest BCUT2D eigenvalue weighted by molar-refractivity contribution is 0.111. The fraction of sp³-hybridized carbons (Fsp3) is 0.100. The van der Waals surface area contributed by atoms with Gasteiger partial charge in [0.15, 0.2) is 6.29 Å². The van der Waals surface area contributed by atoms with E-state index in [0.29, 0.717) is 12.0 Å². The molecule has 0 unspecified atom stereocenters. The Morgan fingerprint density at radius 1 is 1.31 bits per heavy atom. The Labute approximate surface area is 74.7 Å². The standard InChI is InChI=1S/C10H8F2O/c1-2-3-7-4-9(11)8(6-13)10(12)5-7/h2,4-6H,1,3H2. The van der Waals surface area contributed by atoms with E-state index in [4.69, 9.17) is 0 Å². The van der Waals surface area contributed by atoms with E-state index >= 15 is 0 Å². The second-order valence-corrected chi connectivity index (χ2v) is 2.58. The first kappa shape index (κ1) is 9.58. The van der Waals surface area contributed by atoms with Gasteiger partial charge in [0.1, 0.15) is 11.6 Å². The third-order valence-electron chi connectivity index (χ3n) is 1.64. The Morgan fingerprint density at radius 2 is 1.85 bits per heavy atom. The Hall–Kier alpha value is -1.51. The third kappa shape index (κ3) is 1.99. The molecular weight excluding hydrogens is 174 g/mol. The van der Waals surface area contributed by atoms with Crippen molar-refractivity contribution < 1.29 is 13.6 Å². The molecule has 0 fully saturated rings. The van der Waals surface area contributed by atoms with Gasteiger partial charge in [-0.2, -0.15) is 0 Å². The van der Waals surface area contributed by atoms with E-state index in [1.54, 1.807) is 0 Å². The van der Waals surface area contributed by atoms with Crippen LogP contribution in [0.1, 0.15) is 15.9 Å². The van der Waals surface area contributed by atoms with E-state index in [9.17, 15) is 13.6 Å². The average molecular weight is 182 g/mol. The number of aldehydes is 1. The van der Waals surface area contributed by atoms with Gasteiger partial charge in [0, 0.05) is 0 Å². The van der Waals surface area contributed by atoms with Gasteiger partial charge in [-0.3, -0.25) is 4.79 Å². The molecule has 0 spiro atoms. The van der Waals surface area contributed by atoms with Gasteiger partial charge in [0.05, 0.1) is 5.56 Å². The van der Waals surface area contributed by atoms with Crippen molar-refractivity contribution in [1.29, 1.82) is 0 Å². The van der Waals surface area contributed by atoms with Gasteiger partial charge in [-0.1, -0.05) is 6.08 Å². The van der Waals surface area contributed by atoms with Gasteiger partial charge >= 0.3 is 0 Å². The van der Waals surface area contributed by atoms with Crippen molar-refractivity contribution in [3.63, 3.8) is 0 Å². The van der Waals surface area contributed by atoms with Crippen LogP contribution in [0.2, 0.25) is 0 Å². The minimum absolute atomic E-state index is 0.169. The molecule has 0 aliphatic rings. The molecule has 0 saturated carbocycles. The first-order valence-electron chi connectivity index (χ1n) is 3.73. The van der Waals surface area contributed by atoms with Crippen molar-refractivity contribution in [1.82, 2.24) is 0 Å². The van der Waals surface area contributed by atoms with Crippen LogP contribution < -0.4 is 0 Å². The molecule has 13 heavy (non-hydrogen) atoms. The topological polar surface area (TPSA) is 17.1 Å². The summed E-state index contributed by atoms with van der Waals surface area (Å²) >= 11 is 0. The highest BCUT2D eigenvalue weighted by molar-refractivity contribution is 5.75. The molecule has 1 nitrogen and oxygen atoms in total. The Balaban J connectivity index is 3.19. The maximum absolute atomic E-state index is 12.9. The molecule has 0 aliphatic heterocycles. The fourth-order valence-electron chi connectivity index (χ4n) is 1.03. The number of hydrogen-bond donors (Lipinski definition) is 0. The highest BCUT2D eigenvalue weighted by Gasteiger charge is 2.08. The van der Waals surface area contributed by atoms with Gasteiger partial charge < -0.3 is 0 Å². The lowest BCUT2D eigenvalue weighted by Crippen LogP contribution is -1.96. The summed E-state index contributed by atoms with van der Waals surface area (Å²) in [6.45, 7) is 3.44. The maximum Gasteiger partial charge on any atom is 0.155 e. The zero-order valence-corrected chi connectivity index (χ0v) is 6.89. The molecule has 0 aliphatic carbocycles. The fourth-order valence-corrected chi connectivity index (χ4v) is 1.03. The number of carbonyl (C=O) groups excluding carboxylic acids is 1. The summed E-state index contributed by atoms with van der Waals surface area (Å²) in [6, 6.07) is 2.27. The van der Waals surface area contributed by atoms with E-state index in [2.05, 4.69) is 6.58 Å². The number of benzene rings is 1. The van der Waals surface area contributed by atoms with Crippen molar-refractivity contribution in [3.8, 4) is 0 Å². The number of halogens is 2.